The highest BCUT2D eigenvalue weighted by molar-refractivity contribution is 7.13. The average molecular weight is 250 g/mol. The van der Waals surface area contributed by atoms with E-state index in [9.17, 15) is 9.59 Å². The molecule has 0 aliphatic heterocycles. The fraction of sp³-hybridized carbons (Fsp3) is 0.182. The van der Waals surface area contributed by atoms with Crippen LogP contribution in [-0.2, 0) is 4.79 Å². The third-order valence-electron chi connectivity index (χ3n) is 2.32. The van der Waals surface area contributed by atoms with Crippen molar-refractivity contribution in [3.63, 3.8) is 0 Å². The number of carboxylic acids is 1. The first-order valence-corrected chi connectivity index (χ1v) is 5.84. The normalized spacial score (nSPS) is 12.3. The molecule has 2 rings (SSSR count). The van der Waals surface area contributed by atoms with Crippen LogP contribution < -0.4 is 5.56 Å². The summed E-state index contributed by atoms with van der Waals surface area (Å²) in [6.45, 7) is 1.43. The molecule has 1 N–H and O–H groups in total. The van der Waals surface area contributed by atoms with Crippen LogP contribution >= 0.6 is 11.3 Å². The molecule has 2 heterocycles. The van der Waals surface area contributed by atoms with Crippen LogP contribution in [0.25, 0.3) is 10.6 Å². The number of carbonyl (C=O) groups is 1. The minimum absolute atomic E-state index is 0.416. The fourth-order valence-electron chi connectivity index (χ4n) is 1.36. The smallest absolute Gasteiger partial charge is 0.328 e. The first kappa shape index (κ1) is 11.5. The van der Waals surface area contributed by atoms with Crippen LogP contribution in [0.4, 0.5) is 0 Å². The summed E-state index contributed by atoms with van der Waals surface area (Å²) in [5.74, 6) is -1.08. The Labute approximate surface area is 101 Å². The van der Waals surface area contributed by atoms with Gasteiger partial charge >= 0.3 is 5.97 Å². The van der Waals surface area contributed by atoms with Crippen LogP contribution in [-0.4, -0.2) is 20.9 Å². The van der Waals surface area contributed by atoms with Gasteiger partial charge in [0.15, 0.2) is 6.04 Å². The van der Waals surface area contributed by atoms with E-state index in [0.717, 1.165) is 9.56 Å². The van der Waals surface area contributed by atoms with E-state index in [1.54, 1.807) is 6.07 Å². The van der Waals surface area contributed by atoms with E-state index in [0.29, 0.717) is 5.69 Å². The molecule has 5 nitrogen and oxygen atoms in total. The summed E-state index contributed by atoms with van der Waals surface area (Å²) < 4.78 is 0.984. The molecule has 1 atom stereocenters. The van der Waals surface area contributed by atoms with Crippen LogP contribution in [0.5, 0.6) is 0 Å². The van der Waals surface area contributed by atoms with Gasteiger partial charge in [-0.15, -0.1) is 11.3 Å². The molecule has 0 aromatic carbocycles. The Morgan fingerprint density at radius 2 is 2.24 bits per heavy atom. The predicted molar refractivity (Wildman–Crippen MR) is 64.2 cm³/mol. The Kier molecular flexibility index (Phi) is 3.06. The van der Waals surface area contributed by atoms with Crippen molar-refractivity contribution in [1.29, 1.82) is 0 Å². The Morgan fingerprint density at radius 3 is 2.82 bits per heavy atom. The molecule has 0 spiro atoms. The fourth-order valence-corrected chi connectivity index (χ4v) is 2.05. The zero-order valence-corrected chi connectivity index (χ0v) is 9.85. The van der Waals surface area contributed by atoms with E-state index < -0.39 is 17.6 Å². The lowest BCUT2D eigenvalue weighted by Crippen LogP contribution is -2.29. The van der Waals surface area contributed by atoms with Gasteiger partial charge < -0.3 is 5.11 Å². The average Bonchev–Trinajstić information content (AvgIpc) is 2.82. The van der Waals surface area contributed by atoms with Gasteiger partial charge in [-0.25, -0.2) is 9.48 Å². The molecule has 2 aromatic heterocycles. The summed E-state index contributed by atoms with van der Waals surface area (Å²) in [5.41, 5.74) is 0.188. The van der Waals surface area contributed by atoms with Gasteiger partial charge in [0, 0.05) is 6.07 Å². The Morgan fingerprint density at radius 1 is 1.47 bits per heavy atom. The molecule has 0 unspecified atom stereocenters. The van der Waals surface area contributed by atoms with E-state index in [4.69, 9.17) is 5.11 Å². The molecule has 0 aliphatic rings. The second-order valence-corrected chi connectivity index (χ2v) is 4.44. The lowest BCUT2D eigenvalue weighted by Gasteiger charge is -2.09. The van der Waals surface area contributed by atoms with E-state index in [1.807, 2.05) is 17.5 Å². The van der Waals surface area contributed by atoms with Gasteiger partial charge in [0.25, 0.3) is 5.56 Å². The third-order valence-corrected chi connectivity index (χ3v) is 3.22. The molecular weight excluding hydrogens is 240 g/mol. The van der Waals surface area contributed by atoms with Crippen molar-refractivity contribution < 1.29 is 9.90 Å². The first-order chi connectivity index (χ1) is 8.09. The first-order valence-electron chi connectivity index (χ1n) is 4.96. The Balaban J connectivity index is 2.50. The minimum atomic E-state index is -1.08. The Bertz CT molecular complexity index is 589. The van der Waals surface area contributed by atoms with Crippen LogP contribution in [0, 0.1) is 0 Å². The van der Waals surface area contributed by atoms with Crippen LogP contribution in [0.1, 0.15) is 13.0 Å². The van der Waals surface area contributed by atoms with Crippen LogP contribution in [0.2, 0.25) is 0 Å². The molecule has 88 valence electrons. The third kappa shape index (κ3) is 2.26. The summed E-state index contributed by atoms with van der Waals surface area (Å²) in [6, 6.07) is 5.70. The van der Waals surface area contributed by atoms with Crippen molar-refractivity contribution in [2.24, 2.45) is 0 Å². The maximum absolute atomic E-state index is 11.5. The molecule has 0 radical (unpaired) electrons. The molecule has 0 bridgehead atoms. The van der Waals surface area contributed by atoms with Crippen molar-refractivity contribution in [1.82, 2.24) is 9.78 Å². The summed E-state index contributed by atoms with van der Waals surface area (Å²) >= 11 is 1.49. The maximum atomic E-state index is 11.5. The van der Waals surface area contributed by atoms with Crippen molar-refractivity contribution >= 4 is 17.3 Å². The molecule has 0 saturated carbocycles. The standard InChI is InChI=1S/C11H10N2O3S/c1-7(11(15)16)13-10(14)5-4-8(12-13)9-3-2-6-17-9/h2-7H,1H3,(H,15,16)/t7-/m0/s1. The second kappa shape index (κ2) is 4.50. The number of hydrogen-bond acceptors (Lipinski definition) is 4. The van der Waals surface area contributed by atoms with Crippen molar-refractivity contribution in [2.75, 3.05) is 0 Å². The van der Waals surface area contributed by atoms with Crippen molar-refractivity contribution in [2.45, 2.75) is 13.0 Å². The molecule has 0 saturated heterocycles. The van der Waals surface area contributed by atoms with Crippen molar-refractivity contribution in [3.8, 4) is 10.6 Å². The van der Waals surface area contributed by atoms with E-state index in [2.05, 4.69) is 5.10 Å². The number of hydrogen-bond donors (Lipinski definition) is 1. The lowest BCUT2D eigenvalue weighted by atomic mass is 10.3. The van der Waals surface area contributed by atoms with Gasteiger partial charge in [0.1, 0.15) is 5.69 Å². The molecule has 0 aliphatic carbocycles. The highest BCUT2D eigenvalue weighted by Gasteiger charge is 2.16. The lowest BCUT2D eigenvalue weighted by molar-refractivity contribution is -0.140. The molecule has 0 fully saturated rings. The van der Waals surface area contributed by atoms with Crippen LogP contribution in [0.3, 0.4) is 0 Å². The van der Waals surface area contributed by atoms with Gasteiger partial charge in [-0.2, -0.15) is 5.10 Å². The minimum Gasteiger partial charge on any atom is -0.480 e. The molecule has 2 aromatic rings. The number of thiophene rings is 1. The monoisotopic (exact) mass is 250 g/mol. The van der Waals surface area contributed by atoms with Gasteiger partial charge in [-0.1, -0.05) is 6.07 Å². The molecule has 0 amide bonds. The number of rotatable bonds is 3. The number of carboxylic acid groups (broad SMARTS) is 1. The highest BCUT2D eigenvalue weighted by atomic mass is 32.1. The summed E-state index contributed by atoms with van der Waals surface area (Å²) in [6.07, 6.45) is 0. The van der Waals surface area contributed by atoms with Gasteiger partial charge in [-0.3, -0.25) is 4.79 Å². The molecule has 17 heavy (non-hydrogen) atoms. The number of aliphatic carboxylic acids is 1. The van der Waals surface area contributed by atoms with E-state index in [1.165, 1.54) is 24.3 Å². The number of aromatic nitrogens is 2. The maximum Gasteiger partial charge on any atom is 0.328 e. The van der Waals surface area contributed by atoms with E-state index >= 15 is 0 Å². The number of nitrogens with zero attached hydrogens (tertiary/aromatic N) is 2. The second-order valence-electron chi connectivity index (χ2n) is 3.49. The van der Waals surface area contributed by atoms with E-state index in [-0.39, 0.29) is 0 Å². The largest absolute Gasteiger partial charge is 0.480 e. The summed E-state index contributed by atoms with van der Waals surface area (Å²) in [7, 11) is 0. The summed E-state index contributed by atoms with van der Waals surface area (Å²) in [5, 5.41) is 14.8. The van der Waals surface area contributed by atoms with Gasteiger partial charge in [0.05, 0.1) is 4.88 Å². The van der Waals surface area contributed by atoms with Crippen LogP contribution in [0.15, 0.2) is 34.4 Å². The zero-order chi connectivity index (χ0) is 12.4. The molecular formula is C11H10N2O3S. The topological polar surface area (TPSA) is 72.2 Å². The van der Waals surface area contributed by atoms with Crippen molar-refractivity contribution in [3.05, 3.63) is 40.0 Å². The predicted octanol–water partition coefficient (Wildman–Crippen LogP) is 1.62. The molecule has 6 heteroatoms. The summed E-state index contributed by atoms with van der Waals surface area (Å²) in [4.78, 5) is 23.3. The Hall–Kier alpha value is -1.95. The van der Waals surface area contributed by atoms with Gasteiger partial charge in [-0.05, 0) is 24.4 Å². The SMILES string of the molecule is C[C@@H](C(=O)O)n1nc(-c2cccs2)ccc1=O. The van der Waals surface area contributed by atoms with Gasteiger partial charge in [0.2, 0.25) is 0 Å². The zero-order valence-electron chi connectivity index (χ0n) is 9.03. The highest BCUT2D eigenvalue weighted by Crippen LogP contribution is 2.21. The quantitative estimate of drug-likeness (QED) is 0.898.